The van der Waals surface area contributed by atoms with Gasteiger partial charge in [-0.05, 0) is 36.8 Å². The SMILES string of the molecule is C[C@@H](OC(=O)Cc1ccc2c(c1)OCCO2)C(=O)Nc1ccc(F)c(F)c1F. The van der Waals surface area contributed by atoms with Crippen LogP contribution in [-0.2, 0) is 20.7 Å². The molecule has 0 bridgehead atoms. The molecule has 1 aliphatic rings. The van der Waals surface area contributed by atoms with Gasteiger partial charge in [0.2, 0.25) is 0 Å². The number of nitrogens with one attached hydrogen (secondary N) is 1. The minimum Gasteiger partial charge on any atom is -0.486 e. The van der Waals surface area contributed by atoms with Crippen LogP contribution in [0, 0.1) is 17.5 Å². The highest BCUT2D eigenvalue weighted by Gasteiger charge is 2.22. The van der Waals surface area contributed by atoms with E-state index in [1.54, 1.807) is 18.2 Å². The summed E-state index contributed by atoms with van der Waals surface area (Å²) in [5, 5.41) is 2.05. The van der Waals surface area contributed by atoms with Gasteiger partial charge in [0.25, 0.3) is 5.91 Å². The molecule has 1 aliphatic heterocycles. The first-order chi connectivity index (χ1) is 13.3. The molecule has 1 heterocycles. The van der Waals surface area contributed by atoms with Crippen LogP contribution < -0.4 is 14.8 Å². The van der Waals surface area contributed by atoms with Crippen molar-refractivity contribution in [1.29, 1.82) is 0 Å². The normalized spacial score (nSPS) is 13.6. The second-order valence-corrected chi connectivity index (χ2v) is 6.00. The number of anilines is 1. The molecule has 0 saturated carbocycles. The molecule has 0 spiro atoms. The molecule has 2 aromatic rings. The Morgan fingerprint density at radius 1 is 1.07 bits per heavy atom. The minimum absolute atomic E-state index is 0.131. The average Bonchev–Trinajstić information content (AvgIpc) is 2.68. The van der Waals surface area contributed by atoms with Gasteiger partial charge in [-0.2, -0.15) is 0 Å². The first-order valence-corrected chi connectivity index (χ1v) is 8.37. The van der Waals surface area contributed by atoms with Crippen molar-refractivity contribution in [2.45, 2.75) is 19.4 Å². The van der Waals surface area contributed by atoms with Gasteiger partial charge in [-0.1, -0.05) is 6.07 Å². The zero-order valence-corrected chi connectivity index (χ0v) is 14.8. The lowest BCUT2D eigenvalue weighted by molar-refractivity contribution is -0.152. The van der Waals surface area contributed by atoms with E-state index in [0.29, 0.717) is 36.3 Å². The van der Waals surface area contributed by atoms with E-state index in [2.05, 4.69) is 5.32 Å². The predicted molar refractivity (Wildman–Crippen MR) is 91.6 cm³/mol. The maximum Gasteiger partial charge on any atom is 0.311 e. The summed E-state index contributed by atoms with van der Waals surface area (Å²) in [5.41, 5.74) is 0.0344. The third kappa shape index (κ3) is 4.36. The Balaban J connectivity index is 1.58. The van der Waals surface area contributed by atoms with Crippen molar-refractivity contribution in [1.82, 2.24) is 0 Å². The van der Waals surface area contributed by atoms with Gasteiger partial charge in [0.15, 0.2) is 35.1 Å². The Labute approximate surface area is 158 Å². The Bertz CT molecular complexity index is 919. The van der Waals surface area contributed by atoms with Crippen molar-refractivity contribution in [3.05, 3.63) is 53.3 Å². The van der Waals surface area contributed by atoms with Gasteiger partial charge in [0, 0.05) is 0 Å². The molecule has 1 amide bonds. The van der Waals surface area contributed by atoms with Crippen LogP contribution >= 0.6 is 0 Å². The molecule has 6 nitrogen and oxygen atoms in total. The second-order valence-electron chi connectivity index (χ2n) is 6.00. The average molecular weight is 395 g/mol. The first kappa shape index (κ1) is 19.5. The van der Waals surface area contributed by atoms with Crippen LogP contribution in [0.4, 0.5) is 18.9 Å². The molecule has 28 heavy (non-hydrogen) atoms. The Morgan fingerprint density at radius 2 is 1.79 bits per heavy atom. The number of rotatable bonds is 5. The summed E-state index contributed by atoms with van der Waals surface area (Å²) in [6.45, 7) is 2.12. The van der Waals surface area contributed by atoms with Gasteiger partial charge in [-0.25, -0.2) is 13.2 Å². The van der Waals surface area contributed by atoms with E-state index in [4.69, 9.17) is 14.2 Å². The van der Waals surface area contributed by atoms with E-state index in [1.165, 1.54) is 6.92 Å². The van der Waals surface area contributed by atoms with Crippen LogP contribution in [0.3, 0.4) is 0 Å². The van der Waals surface area contributed by atoms with Crippen LogP contribution in [0.15, 0.2) is 30.3 Å². The highest BCUT2D eigenvalue weighted by atomic mass is 19.2. The van der Waals surface area contributed by atoms with Gasteiger partial charge in [-0.15, -0.1) is 0 Å². The van der Waals surface area contributed by atoms with Crippen LogP contribution in [0.5, 0.6) is 11.5 Å². The van der Waals surface area contributed by atoms with Crippen molar-refractivity contribution in [3.63, 3.8) is 0 Å². The fourth-order valence-electron chi connectivity index (χ4n) is 2.51. The fraction of sp³-hybridized carbons (Fsp3) is 0.263. The van der Waals surface area contributed by atoms with Crippen LogP contribution in [0.2, 0.25) is 0 Å². The molecular formula is C19H16F3NO5. The monoisotopic (exact) mass is 395 g/mol. The molecule has 9 heteroatoms. The molecule has 148 valence electrons. The van der Waals surface area contributed by atoms with E-state index < -0.39 is 41.1 Å². The number of ether oxygens (including phenoxy) is 3. The third-order valence-corrected chi connectivity index (χ3v) is 3.93. The lowest BCUT2D eigenvalue weighted by Crippen LogP contribution is -2.31. The van der Waals surface area contributed by atoms with E-state index in [1.807, 2.05) is 0 Å². The standard InChI is InChI=1S/C19H16F3NO5/c1-10(19(25)23-13-4-3-12(20)17(21)18(13)22)28-16(24)9-11-2-5-14-15(8-11)27-7-6-26-14/h2-5,8,10H,6-7,9H2,1H3,(H,23,25)/t10-/m1/s1. The molecular weight excluding hydrogens is 379 g/mol. The van der Waals surface area contributed by atoms with E-state index >= 15 is 0 Å². The topological polar surface area (TPSA) is 73.9 Å². The number of hydrogen-bond acceptors (Lipinski definition) is 5. The van der Waals surface area contributed by atoms with Gasteiger partial charge in [0.05, 0.1) is 12.1 Å². The second kappa shape index (κ2) is 8.20. The number of hydrogen-bond donors (Lipinski definition) is 1. The summed E-state index contributed by atoms with van der Waals surface area (Å²) >= 11 is 0. The summed E-state index contributed by atoms with van der Waals surface area (Å²) < 4.78 is 55.6. The summed E-state index contributed by atoms with van der Waals surface area (Å²) in [7, 11) is 0. The maximum absolute atomic E-state index is 13.6. The molecule has 0 radical (unpaired) electrons. The number of carbonyl (C=O) groups is 2. The lowest BCUT2D eigenvalue weighted by Gasteiger charge is -2.19. The number of fused-ring (bicyclic) bond motifs is 1. The fourth-order valence-corrected chi connectivity index (χ4v) is 2.51. The molecule has 1 atom stereocenters. The minimum atomic E-state index is -1.71. The molecule has 0 fully saturated rings. The maximum atomic E-state index is 13.6. The van der Waals surface area contributed by atoms with Crippen molar-refractivity contribution in [2.24, 2.45) is 0 Å². The largest absolute Gasteiger partial charge is 0.486 e. The highest BCUT2D eigenvalue weighted by molar-refractivity contribution is 5.95. The van der Waals surface area contributed by atoms with Crippen molar-refractivity contribution >= 4 is 17.6 Å². The Morgan fingerprint density at radius 3 is 2.54 bits per heavy atom. The number of amides is 1. The Hall–Kier alpha value is -3.23. The van der Waals surface area contributed by atoms with Crippen molar-refractivity contribution in [2.75, 3.05) is 18.5 Å². The summed E-state index contributed by atoms with van der Waals surface area (Å²) in [6.07, 6.45) is -1.41. The molecule has 0 aliphatic carbocycles. The molecule has 0 aromatic heterocycles. The highest BCUT2D eigenvalue weighted by Crippen LogP contribution is 2.31. The zero-order valence-electron chi connectivity index (χ0n) is 14.8. The summed E-state index contributed by atoms with van der Waals surface area (Å²) in [6, 6.07) is 6.51. The Kier molecular flexibility index (Phi) is 5.72. The first-order valence-electron chi connectivity index (χ1n) is 8.37. The quantitative estimate of drug-likeness (QED) is 0.623. The molecule has 0 saturated heterocycles. The van der Waals surface area contributed by atoms with Gasteiger partial charge >= 0.3 is 5.97 Å². The number of halogens is 3. The van der Waals surface area contributed by atoms with Crippen LogP contribution in [-0.4, -0.2) is 31.2 Å². The van der Waals surface area contributed by atoms with E-state index in [0.717, 1.165) is 6.07 Å². The molecule has 2 aromatic carbocycles. The van der Waals surface area contributed by atoms with Gasteiger partial charge in [0.1, 0.15) is 13.2 Å². The van der Waals surface area contributed by atoms with Crippen LogP contribution in [0.25, 0.3) is 0 Å². The number of benzene rings is 2. The zero-order chi connectivity index (χ0) is 20.3. The van der Waals surface area contributed by atoms with Gasteiger partial charge < -0.3 is 19.5 Å². The molecule has 0 unspecified atom stereocenters. The smallest absolute Gasteiger partial charge is 0.311 e. The summed E-state index contributed by atoms with van der Waals surface area (Å²) in [4.78, 5) is 24.1. The van der Waals surface area contributed by atoms with E-state index in [9.17, 15) is 22.8 Å². The van der Waals surface area contributed by atoms with Crippen LogP contribution in [0.1, 0.15) is 12.5 Å². The lowest BCUT2D eigenvalue weighted by atomic mass is 10.1. The molecule has 1 N–H and O–H groups in total. The number of esters is 1. The van der Waals surface area contributed by atoms with Crippen molar-refractivity contribution in [3.8, 4) is 11.5 Å². The third-order valence-electron chi connectivity index (χ3n) is 3.93. The summed E-state index contributed by atoms with van der Waals surface area (Å²) in [5.74, 6) is -5.13. The number of carbonyl (C=O) groups excluding carboxylic acids is 2. The predicted octanol–water partition coefficient (Wildman–Crippen LogP) is 2.99. The van der Waals surface area contributed by atoms with Gasteiger partial charge in [-0.3, -0.25) is 9.59 Å². The van der Waals surface area contributed by atoms with E-state index in [-0.39, 0.29) is 6.42 Å². The van der Waals surface area contributed by atoms with Crippen molar-refractivity contribution < 1.29 is 37.0 Å². The molecule has 3 rings (SSSR count).